The summed E-state index contributed by atoms with van der Waals surface area (Å²) in [5.74, 6) is -1.05. The second-order valence-electron chi connectivity index (χ2n) is 22.0. The predicted octanol–water partition coefficient (Wildman–Crippen LogP) is 17.2. The molecule has 0 heterocycles. The van der Waals surface area contributed by atoms with Gasteiger partial charge >= 0.3 is 11.9 Å². The number of nitrogens with one attached hydrogen (secondary N) is 1. The minimum absolute atomic E-state index is 0.00659. The summed E-state index contributed by atoms with van der Waals surface area (Å²) >= 11 is 0. The van der Waals surface area contributed by atoms with Crippen molar-refractivity contribution in [1.29, 1.82) is 0 Å². The molecular weight excluding hydrogens is 915 g/mol. The second kappa shape index (κ2) is 52.7. The van der Waals surface area contributed by atoms with Crippen molar-refractivity contribution < 1.29 is 27.5 Å². The second-order valence-corrected chi connectivity index (χ2v) is 23.8. The maximum Gasteiger partial charge on any atom is 0.324 e. The van der Waals surface area contributed by atoms with Crippen LogP contribution in [0.4, 0.5) is 0 Å². The van der Waals surface area contributed by atoms with Crippen LogP contribution >= 0.6 is 0 Å². The zero-order valence-electron chi connectivity index (χ0n) is 48.8. The van der Waals surface area contributed by atoms with Crippen molar-refractivity contribution in [3.63, 3.8) is 0 Å². The lowest BCUT2D eigenvalue weighted by atomic mass is 10.0. The Balaban J connectivity index is 5.84. The summed E-state index contributed by atoms with van der Waals surface area (Å²) in [5, 5.41) is 0. The molecule has 0 aliphatic rings. The number of nitrogens with zero attached hydrogens (tertiary/aromatic N) is 2. The molecule has 0 amide bonds. The first-order valence-corrected chi connectivity index (χ1v) is 32.7. The maximum absolute atomic E-state index is 14.2. The Morgan fingerprint density at radius 2 is 0.806 bits per heavy atom. The van der Waals surface area contributed by atoms with E-state index in [1.165, 1.54) is 167 Å². The first-order valence-electron chi connectivity index (χ1n) is 31.0. The molecule has 3 unspecified atom stereocenters. The van der Waals surface area contributed by atoms with E-state index in [-0.39, 0.29) is 36.8 Å². The third-order valence-corrected chi connectivity index (χ3v) is 15.7. The van der Waals surface area contributed by atoms with Crippen molar-refractivity contribution >= 4 is 22.0 Å². The van der Waals surface area contributed by atoms with Gasteiger partial charge in [0.15, 0.2) is 0 Å². The Bertz CT molecular complexity index is 1360. The van der Waals surface area contributed by atoms with Gasteiger partial charge in [-0.05, 0) is 137 Å². The van der Waals surface area contributed by atoms with Gasteiger partial charge in [-0.2, -0.15) is 0 Å². The summed E-state index contributed by atoms with van der Waals surface area (Å²) in [4.78, 5) is 32.2. The van der Waals surface area contributed by atoms with Crippen molar-refractivity contribution in [3.05, 3.63) is 24.3 Å². The van der Waals surface area contributed by atoms with Crippen LogP contribution in [0.3, 0.4) is 0 Å². The standard InChI is InChI=1S/C62H121N3O6S/c1-8-12-16-20-24-26-28-30-32-36-40-43-49-58(48-42-38-34-22-18-14-10-3)70-61(66)53-52-60(63-72(68,69)57-47-56-65(7)55-46-54-64(5)6)62(67)71-59(50-44-39-35-23-19-15-11-4)51-45-41-37-33-31-29-27-25-21-17-13-9-2/h34-35,38-39,58-60,63H,8-33,36-37,40-57H2,1-7H3/b38-34-,39-35-. The van der Waals surface area contributed by atoms with E-state index < -0.39 is 22.0 Å². The molecule has 0 saturated heterocycles. The maximum atomic E-state index is 14.2. The van der Waals surface area contributed by atoms with Gasteiger partial charge in [-0.25, -0.2) is 13.1 Å². The fraction of sp³-hybridized carbons (Fsp3) is 0.903. The quantitative estimate of drug-likeness (QED) is 0.0365. The molecule has 0 bridgehead atoms. The molecule has 0 radical (unpaired) electrons. The SMILES string of the molecule is CCCCC/C=C\CCC(CCCCCCCCCCCCCC)OC(=O)CCC(NS(=O)(=O)CCCN(C)CCCN(C)C)C(=O)OC(CC/C=C\CCCCC)CCCCCCCCCCCCCC. The number of hydrogen-bond donors (Lipinski definition) is 1. The number of ether oxygens (including phenoxy) is 2. The van der Waals surface area contributed by atoms with E-state index in [4.69, 9.17) is 9.47 Å². The molecule has 10 heteroatoms. The molecule has 0 rings (SSSR count). The smallest absolute Gasteiger partial charge is 0.324 e. The van der Waals surface area contributed by atoms with E-state index in [1.54, 1.807) is 0 Å². The lowest BCUT2D eigenvalue weighted by Gasteiger charge is -2.23. The largest absolute Gasteiger partial charge is 0.462 e. The molecule has 426 valence electrons. The van der Waals surface area contributed by atoms with Crippen LogP contribution in [0.1, 0.15) is 297 Å². The average Bonchev–Trinajstić information content (AvgIpc) is 3.34. The number of allylic oxidation sites excluding steroid dienone is 4. The molecule has 0 fully saturated rings. The van der Waals surface area contributed by atoms with Gasteiger partial charge in [0, 0.05) is 6.42 Å². The summed E-state index contributed by atoms with van der Waals surface area (Å²) in [6.07, 6.45) is 54.4. The molecule has 1 N–H and O–H groups in total. The Hall–Kier alpha value is -1.75. The fourth-order valence-electron chi connectivity index (χ4n) is 9.56. The van der Waals surface area contributed by atoms with Gasteiger partial charge in [0.2, 0.25) is 10.0 Å². The fourth-order valence-corrected chi connectivity index (χ4v) is 10.8. The minimum atomic E-state index is -3.84. The first-order chi connectivity index (χ1) is 35.0. The summed E-state index contributed by atoms with van der Waals surface area (Å²) < 4.78 is 42.6. The van der Waals surface area contributed by atoms with Crippen LogP contribution < -0.4 is 4.72 Å². The molecule has 0 aromatic rings. The van der Waals surface area contributed by atoms with E-state index in [9.17, 15) is 18.0 Å². The molecule has 0 aromatic heterocycles. The predicted molar refractivity (Wildman–Crippen MR) is 311 cm³/mol. The number of carbonyl (C=O) groups is 2. The van der Waals surface area contributed by atoms with Crippen molar-refractivity contribution in [2.75, 3.05) is 46.5 Å². The number of hydrogen-bond acceptors (Lipinski definition) is 8. The molecule has 3 atom stereocenters. The molecule has 0 aliphatic carbocycles. The van der Waals surface area contributed by atoms with Crippen molar-refractivity contribution in [2.24, 2.45) is 0 Å². The van der Waals surface area contributed by atoms with E-state index in [0.717, 1.165) is 90.1 Å². The van der Waals surface area contributed by atoms with Crippen LogP contribution in [0, 0.1) is 0 Å². The highest BCUT2D eigenvalue weighted by Crippen LogP contribution is 2.21. The van der Waals surface area contributed by atoms with E-state index in [1.807, 2.05) is 7.05 Å². The van der Waals surface area contributed by atoms with Crippen molar-refractivity contribution in [3.8, 4) is 0 Å². The van der Waals surface area contributed by atoms with Crippen molar-refractivity contribution in [1.82, 2.24) is 14.5 Å². The topological polar surface area (TPSA) is 105 Å². The van der Waals surface area contributed by atoms with Crippen LogP contribution in [0.15, 0.2) is 24.3 Å². The zero-order valence-corrected chi connectivity index (χ0v) is 49.6. The van der Waals surface area contributed by atoms with Gasteiger partial charge < -0.3 is 19.3 Å². The Kier molecular flexibility index (Phi) is 51.4. The van der Waals surface area contributed by atoms with Crippen LogP contribution in [-0.4, -0.2) is 94.9 Å². The summed E-state index contributed by atoms with van der Waals surface area (Å²) in [5.41, 5.74) is 0. The van der Waals surface area contributed by atoms with E-state index in [2.05, 4.69) is 80.6 Å². The van der Waals surface area contributed by atoms with Crippen LogP contribution in [0.2, 0.25) is 0 Å². The van der Waals surface area contributed by atoms with Gasteiger partial charge in [-0.1, -0.05) is 219 Å². The van der Waals surface area contributed by atoms with Gasteiger partial charge in [0.1, 0.15) is 18.2 Å². The van der Waals surface area contributed by atoms with Crippen LogP contribution in [-0.2, 0) is 29.1 Å². The normalized spacial score (nSPS) is 13.5. The third kappa shape index (κ3) is 49.1. The molecule has 0 saturated carbocycles. The number of sulfonamides is 1. The number of esters is 2. The highest BCUT2D eigenvalue weighted by molar-refractivity contribution is 7.89. The average molecular weight is 1040 g/mol. The first kappa shape index (κ1) is 70.2. The Morgan fingerprint density at radius 1 is 0.431 bits per heavy atom. The molecule has 9 nitrogen and oxygen atoms in total. The zero-order chi connectivity index (χ0) is 53.0. The Labute approximate surface area is 448 Å². The lowest BCUT2D eigenvalue weighted by molar-refractivity contribution is -0.153. The Morgan fingerprint density at radius 3 is 1.24 bits per heavy atom. The molecule has 0 aliphatic heterocycles. The lowest BCUT2D eigenvalue weighted by Crippen LogP contribution is -2.44. The molecule has 0 aromatic carbocycles. The number of carbonyl (C=O) groups excluding carboxylic acids is 2. The minimum Gasteiger partial charge on any atom is -0.462 e. The van der Waals surface area contributed by atoms with E-state index >= 15 is 0 Å². The van der Waals surface area contributed by atoms with E-state index in [0.29, 0.717) is 19.4 Å². The monoisotopic (exact) mass is 1040 g/mol. The summed E-state index contributed by atoms with van der Waals surface area (Å²) in [7, 11) is 2.29. The van der Waals surface area contributed by atoms with Gasteiger partial charge in [0.05, 0.1) is 5.75 Å². The van der Waals surface area contributed by atoms with Crippen LogP contribution in [0.5, 0.6) is 0 Å². The molecule has 72 heavy (non-hydrogen) atoms. The highest BCUT2D eigenvalue weighted by atomic mass is 32.2. The molecular formula is C62H121N3O6S. The summed E-state index contributed by atoms with van der Waals surface area (Å²) in [6.45, 7) is 11.5. The summed E-state index contributed by atoms with van der Waals surface area (Å²) in [6, 6.07) is -1.16. The van der Waals surface area contributed by atoms with Gasteiger partial charge in [0.25, 0.3) is 0 Å². The van der Waals surface area contributed by atoms with Crippen LogP contribution in [0.25, 0.3) is 0 Å². The van der Waals surface area contributed by atoms with Crippen molar-refractivity contribution in [2.45, 2.75) is 316 Å². The van der Waals surface area contributed by atoms with Gasteiger partial charge in [-0.3, -0.25) is 9.59 Å². The molecule has 0 spiro atoms. The highest BCUT2D eigenvalue weighted by Gasteiger charge is 2.29. The van der Waals surface area contributed by atoms with Gasteiger partial charge in [-0.15, -0.1) is 0 Å². The number of unbranched alkanes of at least 4 members (excludes halogenated alkanes) is 28. The number of rotatable bonds is 56. The third-order valence-electron chi connectivity index (χ3n) is 14.3.